The molecule has 0 radical (unpaired) electrons. The summed E-state index contributed by atoms with van der Waals surface area (Å²) in [4.78, 5) is 23.7. The minimum Gasteiger partial charge on any atom is -0.488 e. The molecule has 45 heavy (non-hydrogen) atoms. The van der Waals surface area contributed by atoms with Crippen molar-refractivity contribution in [2.75, 3.05) is 19.8 Å². The summed E-state index contributed by atoms with van der Waals surface area (Å²) < 4.78 is 17.7. The van der Waals surface area contributed by atoms with Crippen molar-refractivity contribution in [2.45, 2.75) is 116 Å². The highest BCUT2D eigenvalue weighted by Crippen LogP contribution is 2.35. The van der Waals surface area contributed by atoms with Gasteiger partial charge in [-0.05, 0) is 35.4 Å². The van der Waals surface area contributed by atoms with Crippen LogP contribution >= 0.6 is 0 Å². The molecule has 1 N–H and O–H groups in total. The number of aromatic carboxylic acids is 1. The molecule has 0 aliphatic rings. The Morgan fingerprint density at radius 2 is 1.31 bits per heavy atom. The lowest BCUT2D eigenvalue weighted by molar-refractivity contribution is -0.148. The molecule has 6 heteroatoms. The van der Waals surface area contributed by atoms with Crippen LogP contribution in [0.15, 0.2) is 61.2 Å². The van der Waals surface area contributed by atoms with Gasteiger partial charge in [-0.15, -0.1) is 0 Å². The second-order valence-electron chi connectivity index (χ2n) is 12.1. The largest absolute Gasteiger partial charge is 0.488 e. The highest BCUT2D eigenvalue weighted by Gasteiger charge is 2.18. The SMILES string of the molecule is C=CC(=O)OC(COCCCCCCCCCCCCCCCCCC)COc1c2ccccc2cc2ccc(C(=O)O)cc12. The molecule has 0 amide bonds. The van der Waals surface area contributed by atoms with Crippen LogP contribution < -0.4 is 4.74 Å². The Kier molecular flexibility index (Phi) is 17.1. The second-order valence-corrected chi connectivity index (χ2v) is 12.1. The Labute approximate surface area is 270 Å². The number of carbonyl (C=O) groups is 2. The first-order valence-electron chi connectivity index (χ1n) is 17.3. The molecule has 0 saturated carbocycles. The number of hydrogen-bond donors (Lipinski definition) is 1. The van der Waals surface area contributed by atoms with Gasteiger partial charge in [-0.2, -0.15) is 0 Å². The van der Waals surface area contributed by atoms with Gasteiger partial charge in [0.05, 0.1) is 12.2 Å². The lowest BCUT2D eigenvalue weighted by Crippen LogP contribution is -2.29. The number of hydrogen-bond acceptors (Lipinski definition) is 5. The fourth-order valence-corrected chi connectivity index (χ4v) is 5.78. The summed E-state index contributed by atoms with van der Waals surface area (Å²) in [5.41, 5.74) is 0.180. The molecule has 0 aliphatic heterocycles. The highest BCUT2D eigenvalue weighted by atomic mass is 16.6. The Hall–Kier alpha value is -3.38. The van der Waals surface area contributed by atoms with Crippen molar-refractivity contribution in [3.8, 4) is 5.75 Å². The molecule has 0 saturated heterocycles. The number of unbranched alkanes of at least 4 members (excludes halogenated alkanes) is 15. The van der Waals surface area contributed by atoms with Crippen molar-refractivity contribution in [2.24, 2.45) is 0 Å². The zero-order chi connectivity index (χ0) is 32.1. The van der Waals surface area contributed by atoms with Gasteiger partial charge in [0.15, 0.2) is 6.10 Å². The maximum Gasteiger partial charge on any atom is 0.335 e. The molecule has 3 aromatic carbocycles. The summed E-state index contributed by atoms with van der Waals surface area (Å²) in [5.74, 6) is -0.981. The van der Waals surface area contributed by atoms with Gasteiger partial charge in [-0.1, -0.05) is 140 Å². The maximum atomic E-state index is 12.1. The monoisotopic (exact) mass is 618 g/mol. The van der Waals surface area contributed by atoms with E-state index in [1.165, 1.54) is 89.9 Å². The first kappa shape index (κ1) is 36.1. The van der Waals surface area contributed by atoms with Crippen LogP contribution in [-0.2, 0) is 14.3 Å². The maximum absolute atomic E-state index is 12.1. The summed E-state index contributed by atoms with van der Waals surface area (Å²) in [6.45, 7) is 6.66. The highest BCUT2D eigenvalue weighted by molar-refractivity contribution is 6.07. The average Bonchev–Trinajstić information content (AvgIpc) is 3.05. The van der Waals surface area contributed by atoms with Gasteiger partial charge < -0.3 is 19.3 Å². The van der Waals surface area contributed by atoms with E-state index in [1.807, 2.05) is 30.3 Å². The molecular formula is C39H54O6. The van der Waals surface area contributed by atoms with Gasteiger partial charge in [0.25, 0.3) is 0 Å². The number of esters is 1. The van der Waals surface area contributed by atoms with Crippen LogP contribution in [0.2, 0.25) is 0 Å². The van der Waals surface area contributed by atoms with Crippen LogP contribution in [-0.4, -0.2) is 43.0 Å². The van der Waals surface area contributed by atoms with Gasteiger partial charge in [0.1, 0.15) is 12.4 Å². The molecule has 0 spiro atoms. The Morgan fingerprint density at radius 1 is 0.733 bits per heavy atom. The van der Waals surface area contributed by atoms with E-state index in [0.29, 0.717) is 17.7 Å². The molecule has 0 heterocycles. The molecule has 0 aliphatic carbocycles. The van der Waals surface area contributed by atoms with Crippen LogP contribution in [0.1, 0.15) is 120 Å². The summed E-state index contributed by atoms with van der Waals surface area (Å²) in [5, 5.41) is 12.9. The normalized spacial score (nSPS) is 11.9. The third-order valence-electron chi connectivity index (χ3n) is 8.37. The van der Waals surface area contributed by atoms with Gasteiger partial charge in [0, 0.05) is 23.5 Å². The second kappa shape index (κ2) is 21.4. The zero-order valence-electron chi connectivity index (χ0n) is 27.4. The van der Waals surface area contributed by atoms with E-state index in [2.05, 4.69) is 13.5 Å². The smallest absolute Gasteiger partial charge is 0.335 e. The van der Waals surface area contributed by atoms with Crippen LogP contribution in [0.5, 0.6) is 5.75 Å². The van der Waals surface area contributed by atoms with E-state index in [4.69, 9.17) is 14.2 Å². The van der Waals surface area contributed by atoms with Gasteiger partial charge >= 0.3 is 11.9 Å². The molecule has 246 valence electrons. The standard InChI is InChI=1S/C39H54O6/c1-3-5-6-7-8-9-10-11-12-13-14-15-16-17-18-21-26-43-29-34(45-37(40)4-2)30-44-38-35-23-20-19-22-31(35)27-32-24-25-33(39(41)42)28-36(32)38/h4,19-20,22-25,27-28,34H,2-3,5-18,21,26,29-30H2,1H3,(H,41,42). The van der Waals surface area contributed by atoms with Crippen LogP contribution in [0.4, 0.5) is 0 Å². The third kappa shape index (κ3) is 13.2. The van der Waals surface area contributed by atoms with Crippen molar-refractivity contribution in [3.63, 3.8) is 0 Å². The molecule has 1 unspecified atom stereocenters. The molecule has 6 nitrogen and oxygen atoms in total. The van der Waals surface area contributed by atoms with Crippen molar-refractivity contribution >= 4 is 33.5 Å². The molecular weight excluding hydrogens is 564 g/mol. The molecule has 0 fully saturated rings. The minimum absolute atomic E-state index is 0.0684. The predicted molar refractivity (Wildman–Crippen MR) is 184 cm³/mol. The van der Waals surface area contributed by atoms with Crippen molar-refractivity contribution in [1.29, 1.82) is 0 Å². The molecule has 1 atom stereocenters. The first-order chi connectivity index (χ1) is 22.0. The lowest BCUT2D eigenvalue weighted by atomic mass is 10.00. The van der Waals surface area contributed by atoms with Gasteiger partial charge in [0.2, 0.25) is 0 Å². The van der Waals surface area contributed by atoms with E-state index < -0.39 is 18.0 Å². The zero-order valence-corrected chi connectivity index (χ0v) is 27.4. The van der Waals surface area contributed by atoms with Crippen molar-refractivity contribution in [3.05, 3.63) is 66.7 Å². The number of carbonyl (C=O) groups excluding carboxylic acids is 1. The molecule has 0 bridgehead atoms. The quantitative estimate of drug-likeness (QED) is 0.0440. The minimum atomic E-state index is -1.00. The Balaban J connectivity index is 1.37. The van der Waals surface area contributed by atoms with Crippen LogP contribution in [0, 0.1) is 0 Å². The third-order valence-corrected chi connectivity index (χ3v) is 8.37. The lowest BCUT2D eigenvalue weighted by Gasteiger charge is -2.20. The fourth-order valence-electron chi connectivity index (χ4n) is 5.78. The van der Waals surface area contributed by atoms with E-state index in [0.717, 1.165) is 35.1 Å². The Bertz CT molecular complexity index is 1320. The Morgan fingerprint density at radius 3 is 1.91 bits per heavy atom. The van der Waals surface area contributed by atoms with Crippen LogP contribution in [0.25, 0.3) is 21.5 Å². The van der Waals surface area contributed by atoms with Crippen LogP contribution in [0.3, 0.4) is 0 Å². The summed E-state index contributed by atoms with van der Waals surface area (Å²) in [6.07, 6.45) is 21.6. The number of carboxylic acids is 1. The summed E-state index contributed by atoms with van der Waals surface area (Å²) >= 11 is 0. The summed E-state index contributed by atoms with van der Waals surface area (Å²) in [6, 6.07) is 14.8. The average molecular weight is 619 g/mol. The van der Waals surface area contributed by atoms with E-state index in [1.54, 1.807) is 18.2 Å². The first-order valence-corrected chi connectivity index (χ1v) is 17.3. The molecule has 3 aromatic rings. The van der Waals surface area contributed by atoms with Crippen molar-refractivity contribution in [1.82, 2.24) is 0 Å². The number of rotatable bonds is 25. The topological polar surface area (TPSA) is 82.1 Å². The fraction of sp³-hybridized carbons (Fsp3) is 0.538. The number of fused-ring (bicyclic) bond motifs is 2. The van der Waals surface area contributed by atoms with Crippen molar-refractivity contribution < 1.29 is 28.9 Å². The van der Waals surface area contributed by atoms with E-state index in [-0.39, 0.29) is 18.8 Å². The molecule has 0 aromatic heterocycles. The summed E-state index contributed by atoms with van der Waals surface area (Å²) in [7, 11) is 0. The number of carboxylic acid groups (broad SMARTS) is 1. The predicted octanol–water partition coefficient (Wildman–Crippen LogP) is 10.4. The van der Waals surface area contributed by atoms with Gasteiger partial charge in [-0.3, -0.25) is 0 Å². The van der Waals surface area contributed by atoms with Gasteiger partial charge in [-0.25, -0.2) is 9.59 Å². The van der Waals surface area contributed by atoms with E-state index in [9.17, 15) is 14.7 Å². The van der Waals surface area contributed by atoms with E-state index >= 15 is 0 Å². The molecule has 3 rings (SSSR count). The number of benzene rings is 3. The number of ether oxygens (including phenoxy) is 3.